The molecule has 33 heavy (non-hydrogen) atoms. The van der Waals surface area contributed by atoms with Crippen molar-refractivity contribution >= 4 is 59.0 Å². The van der Waals surface area contributed by atoms with Crippen LogP contribution in [-0.2, 0) is 25.6 Å². The number of carbonyl (C=O) groups excluding carboxylic acids is 2. The Labute approximate surface area is 195 Å². The Morgan fingerprint density at radius 2 is 2.00 bits per heavy atom. The molecule has 0 spiro atoms. The average Bonchev–Trinajstić information content (AvgIpc) is 3.15. The first-order valence-corrected chi connectivity index (χ1v) is 12.2. The quantitative estimate of drug-likeness (QED) is 0.290. The number of aromatic nitrogens is 2. The molecule has 180 valence electrons. The standard InChI is InChI=1S/C16H15F3N4O7S3/c17-16(18,19)5-31-4-7(24)20-10-12(27)23-11(14(28)29)6(2-32-13(10)23)3-33-15-22-21-8(30-15)1-9(25)26/h10,13H,1-5H2,(H,20,24)(H,25,26)(H,28,29)/t10?,13-/m1/s1. The Kier molecular flexibility index (Phi) is 7.84. The third-order valence-electron chi connectivity index (χ3n) is 4.19. The molecule has 2 amide bonds. The van der Waals surface area contributed by atoms with Crippen molar-refractivity contribution in [2.24, 2.45) is 0 Å². The number of halogens is 3. The highest BCUT2D eigenvalue weighted by atomic mass is 32.2. The number of nitrogens with zero attached hydrogens (tertiary/aromatic N) is 3. The number of nitrogens with one attached hydrogen (secondary N) is 1. The van der Waals surface area contributed by atoms with E-state index in [1.807, 2.05) is 0 Å². The van der Waals surface area contributed by atoms with Crippen molar-refractivity contribution in [3.05, 3.63) is 17.2 Å². The first-order chi connectivity index (χ1) is 15.5. The summed E-state index contributed by atoms with van der Waals surface area (Å²) in [6, 6.07) is -1.04. The predicted octanol–water partition coefficient (Wildman–Crippen LogP) is 0.823. The van der Waals surface area contributed by atoms with E-state index < -0.39 is 59.3 Å². The number of alkyl halides is 3. The predicted molar refractivity (Wildman–Crippen MR) is 109 cm³/mol. The zero-order chi connectivity index (χ0) is 24.3. The summed E-state index contributed by atoms with van der Waals surface area (Å²) in [5.41, 5.74) is 0.129. The smallest absolute Gasteiger partial charge is 0.397 e. The molecule has 3 rings (SSSR count). The van der Waals surface area contributed by atoms with Gasteiger partial charge in [-0.15, -0.1) is 33.7 Å². The summed E-state index contributed by atoms with van der Waals surface area (Å²) in [4.78, 5) is 47.9. The van der Waals surface area contributed by atoms with Gasteiger partial charge in [0.25, 0.3) is 11.1 Å². The zero-order valence-corrected chi connectivity index (χ0v) is 18.8. The molecule has 1 aromatic rings. The Balaban J connectivity index is 1.61. The molecule has 0 aliphatic carbocycles. The molecule has 3 heterocycles. The van der Waals surface area contributed by atoms with Gasteiger partial charge in [-0.3, -0.25) is 19.3 Å². The van der Waals surface area contributed by atoms with Gasteiger partial charge in [0.1, 0.15) is 23.5 Å². The molecule has 17 heteroatoms. The number of aliphatic carboxylic acids is 2. The number of carboxylic acids is 2. The molecule has 2 aliphatic rings. The Morgan fingerprint density at radius 1 is 1.27 bits per heavy atom. The van der Waals surface area contributed by atoms with Gasteiger partial charge in [-0.25, -0.2) is 4.79 Å². The first-order valence-electron chi connectivity index (χ1n) is 8.97. The van der Waals surface area contributed by atoms with Gasteiger partial charge in [-0.1, -0.05) is 11.8 Å². The van der Waals surface area contributed by atoms with Crippen LogP contribution in [0.15, 0.2) is 20.9 Å². The van der Waals surface area contributed by atoms with Crippen molar-refractivity contribution in [2.75, 3.05) is 23.0 Å². The summed E-state index contributed by atoms with van der Waals surface area (Å²) in [5.74, 6) is -5.46. The summed E-state index contributed by atoms with van der Waals surface area (Å²) in [6.07, 6.45) is -4.87. The van der Waals surface area contributed by atoms with E-state index in [-0.39, 0.29) is 28.3 Å². The molecule has 1 saturated heterocycles. The van der Waals surface area contributed by atoms with E-state index in [9.17, 15) is 37.5 Å². The fourth-order valence-corrected chi connectivity index (χ4v) is 5.78. The van der Waals surface area contributed by atoms with E-state index in [1.54, 1.807) is 0 Å². The second-order valence-electron chi connectivity index (χ2n) is 6.64. The summed E-state index contributed by atoms with van der Waals surface area (Å²) >= 11 is 2.54. The maximum atomic E-state index is 12.5. The third kappa shape index (κ3) is 6.35. The van der Waals surface area contributed by atoms with Gasteiger partial charge in [0.2, 0.25) is 11.8 Å². The van der Waals surface area contributed by atoms with Gasteiger partial charge < -0.3 is 19.9 Å². The second kappa shape index (κ2) is 10.3. The lowest BCUT2D eigenvalue weighted by atomic mass is 10.0. The maximum absolute atomic E-state index is 12.5. The van der Waals surface area contributed by atoms with Crippen LogP contribution in [0.4, 0.5) is 13.2 Å². The minimum absolute atomic E-state index is 0.0343. The van der Waals surface area contributed by atoms with Crippen LogP contribution in [0.5, 0.6) is 0 Å². The summed E-state index contributed by atoms with van der Waals surface area (Å²) in [7, 11) is 0. The van der Waals surface area contributed by atoms with Crippen LogP contribution in [0, 0.1) is 0 Å². The number of hydrogen-bond donors (Lipinski definition) is 3. The van der Waals surface area contributed by atoms with E-state index in [4.69, 9.17) is 9.52 Å². The van der Waals surface area contributed by atoms with Crippen LogP contribution < -0.4 is 5.32 Å². The van der Waals surface area contributed by atoms with Crippen LogP contribution in [0.1, 0.15) is 5.89 Å². The van der Waals surface area contributed by atoms with Gasteiger partial charge in [0.15, 0.2) is 0 Å². The molecule has 1 fully saturated rings. The van der Waals surface area contributed by atoms with Crippen molar-refractivity contribution in [3.63, 3.8) is 0 Å². The van der Waals surface area contributed by atoms with Gasteiger partial charge in [0, 0.05) is 11.5 Å². The molecule has 3 N–H and O–H groups in total. The van der Waals surface area contributed by atoms with E-state index >= 15 is 0 Å². The molecule has 11 nitrogen and oxygen atoms in total. The fraction of sp³-hybridized carbons (Fsp3) is 0.500. The van der Waals surface area contributed by atoms with Crippen molar-refractivity contribution in [3.8, 4) is 0 Å². The fourth-order valence-electron chi connectivity index (χ4n) is 2.92. The maximum Gasteiger partial charge on any atom is 0.397 e. The first kappa shape index (κ1) is 25.2. The molecular formula is C16H15F3N4O7S3. The molecule has 0 saturated carbocycles. The lowest BCUT2D eigenvalue weighted by Crippen LogP contribution is -2.70. The molecule has 2 aliphatic heterocycles. The number of hydrogen-bond acceptors (Lipinski definition) is 10. The number of β-lactam (4-membered cyclic amide) rings is 1. The number of carbonyl (C=O) groups is 4. The zero-order valence-electron chi connectivity index (χ0n) is 16.3. The van der Waals surface area contributed by atoms with E-state index in [0.29, 0.717) is 17.3 Å². The number of fused-ring (bicyclic) bond motifs is 1. The van der Waals surface area contributed by atoms with Gasteiger partial charge in [0.05, 0.1) is 11.5 Å². The van der Waals surface area contributed by atoms with Gasteiger partial charge in [-0.05, 0) is 5.57 Å². The van der Waals surface area contributed by atoms with Crippen LogP contribution >= 0.6 is 35.3 Å². The molecular weight excluding hydrogens is 513 g/mol. The van der Waals surface area contributed by atoms with Crippen molar-refractivity contribution in [1.82, 2.24) is 20.4 Å². The number of thioether (sulfide) groups is 3. The molecule has 0 radical (unpaired) electrons. The number of rotatable bonds is 10. The van der Waals surface area contributed by atoms with Crippen LogP contribution in [-0.4, -0.2) is 89.7 Å². The highest BCUT2D eigenvalue weighted by Crippen LogP contribution is 2.41. The summed E-state index contributed by atoms with van der Waals surface area (Å²) < 4.78 is 41.7. The summed E-state index contributed by atoms with van der Waals surface area (Å²) in [5, 5.41) is 27.3. The van der Waals surface area contributed by atoms with Crippen molar-refractivity contribution in [1.29, 1.82) is 0 Å². The minimum atomic E-state index is -4.41. The molecule has 1 aromatic heterocycles. The largest absolute Gasteiger partial charge is 0.481 e. The van der Waals surface area contributed by atoms with Crippen molar-refractivity contribution < 1.29 is 47.0 Å². The van der Waals surface area contributed by atoms with Gasteiger partial charge >= 0.3 is 18.1 Å². The van der Waals surface area contributed by atoms with Gasteiger partial charge in [-0.2, -0.15) is 13.2 Å². The van der Waals surface area contributed by atoms with Crippen LogP contribution in [0.25, 0.3) is 0 Å². The minimum Gasteiger partial charge on any atom is -0.481 e. The van der Waals surface area contributed by atoms with E-state index in [1.165, 1.54) is 11.8 Å². The molecule has 0 bridgehead atoms. The number of amides is 2. The molecule has 2 atom stereocenters. The monoisotopic (exact) mass is 528 g/mol. The topological polar surface area (TPSA) is 163 Å². The summed E-state index contributed by atoms with van der Waals surface area (Å²) in [6.45, 7) is 0. The van der Waals surface area contributed by atoms with Crippen LogP contribution in [0.3, 0.4) is 0 Å². The van der Waals surface area contributed by atoms with Crippen molar-refractivity contribution in [2.45, 2.75) is 29.2 Å². The SMILES string of the molecule is O=C(O)Cc1nnc(SCC2=C(C(=O)O)N3C(=O)C(NC(=O)CSCC(F)(F)F)[C@H]3SC2)o1. The third-order valence-corrected chi connectivity index (χ3v) is 7.43. The highest BCUT2D eigenvalue weighted by Gasteiger charge is 2.54. The lowest BCUT2D eigenvalue weighted by Gasteiger charge is -2.49. The number of carboxylic acid groups (broad SMARTS) is 2. The normalized spacial score (nSPS) is 20.3. The Morgan fingerprint density at radius 3 is 2.64 bits per heavy atom. The second-order valence-corrected chi connectivity index (χ2v) is 9.66. The van der Waals surface area contributed by atoms with E-state index in [0.717, 1.165) is 16.7 Å². The molecule has 0 aromatic carbocycles. The average molecular weight is 529 g/mol. The Bertz CT molecular complexity index is 1000. The lowest BCUT2D eigenvalue weighted by molar-refractivity contribution is -0.150. The Hall–Kier alpha value is -2.40. The van der Waals surface area contributed by atoms with E-state index in [2.05, 4.69) is 15.5 Å². The van der Waals surface area contributed by atoms with Crippen LogP contribution in [0.2, 0.25) is 0 Å². The molecule has 1 unspecified atom stereocenters. The highest BCUT2D eigenvalue weighted by molar-refractivity contribution is 8.01.